The molecule has 0 radical (unpaired) electrons. The first-order chi connectivity index (χ1) is 16.1. The highest BCUT2D eigenvalue weighted by Gasteiger charge is 2.47. The minimum absolute atomic E-state index is 0.167. The average Bonchev–Trinajstić information content (AvgIpc) is 3.11. The topological polar surface area (TPSA) is 250 Å². The number of phosphoric acid groups is 2. The van der Waals surface area contributed by atoms with Gasteiger partial charge in [0, 0.05) is 18.2 Å². The van der Waals surface area contributed by atoms with Crippen molar-refractivity contribution in [3.05, 3.63) is 32.6 Å². The molecule has 35 heavy (non-hydrogen) atoms. The Labute approximate surface area is 195 Å². The summed E-state index contributed by atoms with van der Waals surface area (Å²) >= 11 is 0. The summed E-state index contributed by atoms with van der Waals surface area (Å²) in [5.74, 6) is -2.48. The summed E-state index contributed by atoms with van der Waals surface area (Å²) in [5, 5.41) is 19.8. The molecule has 2 aliphatic rings. The van der Waals surface area contributed by atoms with E-state index in [1.807, 2.05) is 0 Å². The third-order valence-electron chi connectivity index (χ3n) is 4.98. The van der Waals surface area contributed by atoms with Gasteiger partial charge in [0.1, 0.15) is 18.4 Å². The Hall–Kier alpha value is -1.88. The molecule has 1 aromatic heterocycles. The van der Waals surface area contributed by atoms with Gasteiger partial charge in [-0.1, -0.05) is 0 Å². The number of hydrogen-bond donors (Lipinski definition) is 5. The van der Waals surface area contributed by atoms with Crippen LogP contribution in [0.2, 0.25) is 0 Å². The predicted octanol–water partition coefficient (Wildman–Crippen LogP) is -2.01. The van der Waals surface area contributed by atoms with Gasteiger partial charge in [-0.05, 0) is 13.8 Å². The zero-order chi connectivity index (χ0) is 26.3. The second-order valence-electron chi connectivity index (χ2n) is 7.65. The number of Topliss-reactive ketones (excluding diaryl/α,β-unsaturated/α-hetero) is 2. The monoisotopic (exact) mass is 544 g/mol. The van der Waals surface area contributed by atoms with E-state index in [2.05, 4.69) is 18.3 Å². The van der Waals surface area contributed by atoms with E-state index >= 15 is 0 Å². The Bertz CT molecular complexity index is 1210. The first-order valence-electron chi connectivity index (χ1n) is 9.87. The first-order valence-corrected chi connectivity index (χ1v) is 12.9. The van der Waals surface area contributed by atoms with Crippen molar-refractivity contribution < 1.29 is 61.6 Å². The van der Waals surface area contributed by atoms with E-state index in [1.54, 1.807) is 0 Å². The molecule has 5 N–H and O–H groups in total. The molecule has 19 heteroatoms. The van der Waals surface area contributed by atoms with Gasteiger partial charge in [-0.2, -0.15) is 4.31 Å². The van der Waals surface area contributed by atoms with Crippen LogP contribution in [0.25, 0.3) is 0 Å². The van der Waals surface area contributed by atoms with Gasteiger partial charge in [-0.15, -0.1) is 0 Å². The van der Waals surface area contributed by atoms with Crippen molar-refractivity contribution in [2.24, 2.45) is 0 Å². The fraction of sp³-hybridized carbons (Fsp3) is 0.625. The van der Waals surface area contributed by atoms with Crippen molar-refractivity contribution in [2.75, 3.05) is 6.61 Å². The van der Waals surface area contributed by atoms with E-state index in [0.29, 0.717) is 0 Å². The van der Waals surface area contributed by atoms with Crippen molar-refractivity contribution >= 4 is 27.2 Å². The van der Waals surface area contributed by atoms with E-state index < -0.39 is 82.0 Å². The summed E-state index contributed by atoms with van der Waals surface area (Å²) in [5.41, 5.74) is -1.26. The quantitative estimate of drug-likeness (QED) is 0.175. The maximum Gasteiger partial charge on any atom is 0.483 e. The van der Waals surface area contributed by atoms with E-state index in [4.69, 9.17) is 9.47 Å². The maximum absolute atomic E-state index is 12.1. The van der Waals surface area contributed by atoms with E-state index in [0.717, 1.165) is 11.5 Å². The number of ketones is 2. The average molecular weight is 544 g/mol. The van der Waals surface area contributed by atoms with E-state index in [-0.39, 0.29) is 12.0 Å². The Balaban J connectivity index is 1.60. The van der Waals surface area contributed by atoms with Crippen LogP contribution in [0.3, 0.4) is 0 Å². The number of aryl methyl sites for hydroxylation is 1. The number of ether oxygens (including phenoxy) is 2. The molecule has 17 nitrogen and oxygen atoms in total. The Morgan fingerprint density at radius 1 is 1.11 bits per heavy atom. The SMILES string of the molecule is Cc1cn([C@H]2C[C@H](O)[C@@H](COP(=O)(O)OP(=O)(O)O[C@H]3O[C@H](C)C(=O)C(=O)[C@H]3O)O2)c(=O)[nH]c1=O. The molecule has 2 aliphatic heterocycles. The van der Waals surface area contributed by atoms with Crippen molar-refractivity contribution in [2.45, 2.75) is 57.2 Å². The minimum atomic E-state index is -5.52. The van der Waals surface area contributed by atoms with Crippen molar-refractivity contribution in [3.63, 3.8) is 0 Å². The standard InChI is InChI=1S/C16H22N2O15P2/c1-6-4-18(16(24)17-14(6)23)10-3-8(19)9(31-10)5-29-34(25,26)33-35(27,28)32-15-13(22)12(21)11(20)7(2)30-15/h4,7-10,13,15,19,22H,3,5H2,1-2H3,(H,25,26)(H,27,28)(H,17,23,24)/t7-,8+,9-,10-,13-,15-/m1/s1. The molecule has 0 amide bonds. The number of aliphatic hydroxyl groups excluding tert-OH is 2. The lowest BCUT2D eigenvalue weighted by atomic mass is 10.0. The summed E-state index contributed by atoms with van der Waals surface area (Å²) < 4.78 is 48.5. The summed E-state index contributed by atoms with van der Waals surface area (Å²) in [7, 11) is -10.9. The number of hydrogen-bond acceptors (Lipinski definition) is 13. The predicted molar refractivity (Wildman–Crippen MR) is 109 cm³/mol. The number of aromatic amines is 1. The van der Waals surface area contributed by atoms with Crippen molar-refractivity contribution in [1.82, 2.24) is 9.55 Å². The molecule has 0 bridgehead atoms. The van der Waals surface area contributed by atoms with Crippen LogP contribution in [-0.4, -0.2) is 78.4 Å². The van der Waals surface area contributed by atoms with E-state index in [9.17, 15) is 48.3 Å². The largest absolute Gasteiger partial charge is 0.483 e. The Kier molecular flexibility index (Phi) is 8.10. The molecule has 2 saturated heterocycles. The third kappa shape index (κ3) is 6.47. The van der Waals surface area contributed by atoms with Gasteiger partial charge in [0.25, 0.3) is 5.56 Å². The molecule has 3 rings (SSSR count). The lowest BCUT2D eigenvalue weighted by Crippen LogP contribution is -2.52. The summed E-state index contributed by atoms with van der Waals surface area (Å²) in [4.78, 5) is 68.1. The van der Waals surface area contributed by atoms with Crippen LogP contribution in [0.5, 0.6) is 0 Å². The zero-order valence-corrected chi connectivity index (χ0v) is 19.9. The van der Waals surface area contributed by atoms with Gasteiger partial charge in [-0.25, -0.2) is 13.9 Å². The second kappa shape index (κ2) is 10.2. The van der Waals surface area contributed by atoms with Gasteiger partial charge in [0.2, 0.25) is 17.9 Å². The van der Waals surface area contributed by atoms with Crippen LogP contribution in [-0.2, 0) is 41.6 Å². The molecular weight excluding hydrogens is 522 g/mol. The summed E-state index contributed by atoms with van der Waals surface area (Å²) in [6, 6.07) is 0. The molecule has 196 valence electrons. The number of H-pyrrole nitrogens is 1. The smallest absolute Gasteiger partial charge is 0.390 e. The lowest BCUT2D eigenvalue weighted by Gasteiger charge is -2.30. The molecule has 8 atom stereocenters. The normalized spacial score (nSPS) is 32.9. The van der Waals surface area contributed by atoms with E-state index in [1.165, 1.54) is 13.1 Å². The minimum Gasteiger partial charge on any atom is -0.390 e. The molecule has 2 fully saturated rings. The van der Waals surface area contributed by atoms with Crippen LogP contribution >= 0.6 is 15.6 Å². The molecule has 0 spiro atoms. The molecule has 0 saturated carbocycles. The summed E-state index contributed by atoms with van der Waals surface area (Å²) in [6.45, 7) is 1.69. The van der Waals surface area contributed by atoms with Crippen molar-refractivity contribution in [3.8, 4) is 0 Å². The number of rotatable bonds is 8. The van der Waals surface area contributed by atoms with Gasteiger partial charge < -0.3 is 29.5 Å². The van der Waals surface area contributed by atoms with Crippen LogP contribution in [0, 0.1) is 6.92 Å². The van der Waals surface area contributed by atoms with Gasteiger partial charge >= 0.3 is 21.3 Å². The van der Waals surface area contributed by atoms with Crippen LogP contribution < -0.4 is 11.2 Å². The van der Waals surface area contributed by atoms with Crippen LogP contribution in [0.1, 0.15) is 25.1 Å². The molecule has 0 aliphatic carbocycles. The molecule has 0 aromatic carbocycles. The third-order valence-corrected chi connectivity index (χ3v) is 7.58. The fourth-order valence-electron chi connectivity index (χ4n) is 3.20. The molecular formula is C16H22N2O15P2. The number of aromatic nitrogens is 2. The highest BCUT2D eigenvalue weighted by Crippen LogP contribution is 2.61. The number of phosphoric ester groups is 2. The number of nitrogens with one attached hydrogen (secondary N) is 1. The number of carbonyl (C=O) groups excluding carboxylic acids is 2. The molecule has 3 heterocycles. The fourth-order valence-corrected chi connectivity index (χ4v) is 5.35. The van der Waals surface area contributed by atoms with Gasteiger partial charge in [0.15, 0.2) is 6.10 Å². The van der Waals surface area contributed by atoms with Crippen LogP contribution in [0.15, 0.2) is 15.8 Å². The first kappa shape index (κ1) is 27.7. The highest BCUT2D eigenvalue weighted by atomic mass is 31.3. The maximum atomic E-state index is 12.1. The molecule has 1 aromatic rings. The molecule has 2 unspecified atom stereocenters. The second-order valence-corrected chi connectivity index (χ2v) is 10.6. The highest BCUT2D eigenvalue weighted by molar-refractivity contribution is 7.61. The zero-order valence-electron chi connectivity index (χ0n) is 18.1. The number of carbonyl (C=O) groups is 2. The van der Waals surface area contributed by atoms with Crippen LogP contribution in [0.4, 0.5) is 0 Å². The van der Waals surface area contributed by atoms with Gasteiger partial charge in [0.05, 0.1) is 12.7 Å². The number of aliphatic hydroxyl groups is 2. The Morgan fingerprint density at radius 2 is 1.77 bits per heavy atom. The van der Waals surface area contributed by atoms with Gasteiger partial charge in [-0.3, -0.25) is 33.0 Å². The lowest BCUT2D eigenvalue weighted by molar-refractivity contribution is -0.201. The van der Waals surface area contributed by atoms with Crippen molar-refractivity contribution in [1.29, 1.82) is 0 Å². The Morgan fingerprint density at radius 3 is 2.43 bits per heavy atom. The summed E-state index contributed by atoms with van der Waals surface area (Å²) in [6.07, 6.45) is -8.53. The number of nitrogens with zero attached hydrogens (tertiary/aromatic N) is 1.